The minimum absolute atomic E-state index is 0. The summed E-state index contributed by atoms with van der Waals surface area (Å²) in [5.74, 6) is 0. The molecule has 0 saturated carbocycles. The third-order valence-electron chi connectivity index (χ3n) is 4.07. The van der Waals surface area contributed by atoms with Gasteiger partial charge in [0.2, 0.25) is 0 Å². The molecule has 0 radical (unpaired) electrons. The fourth-order valence-electron chi connectivity index (χ4n) is 2.66. The van der Waals surface area contributed by atoms with E-state index in [1.807, 2.05) is 0 Å². The van der Waals surface area contributed by atoms with Crippen molar-refractivity contribution in [2.24, 2.45) is 0 Å². The van der Waals surface area contributed by atoms with E-state index in [2.05, 4.69) is 88.4 Å². The summed E-state index contributed by atoms with van der Waals surface area (Å²) in [6.45, 7) is 9.19. The molecule has 0 saturated heterocycles. The molecule has 0 unspecified atom stereocenters. The van der Waals surface area contributed by atoms with Crippen LogP contribution in [0, 0.1) is 0 Å². The molecule has 0 aromatic heterocycles. The predicted molar refractivity (Wildman–Crippen MR) is 132 cm³/mol. The maximum absolute atomic E-state index is 4.99. The summed E-state index contributed by atoms with van der Waals surface area (Å²) in [5.41, 5.74) is 0. The molecule has 0 fully saturated rings. The van der Waals surface area contributed by atoms with Crippen LogP contribution in [0.2, 0.25) is 0 Å². The number of rotatable bonds is 6. The van der Waals surface area contributed by atoms with Crippen LogP contribution >= 0.6 is 44.4 Å². The fourth-order valence-corrected chi connectivity index (χ4v) is 6.62. The van der Waals surface area contributed by atoms with Crippen molar-refractivity contribution in [3.05, 3.63) is 60.7 Å². The van der Waals surface area contributed by atoms with Crippen LogP contribution in [0.4, 0.5) is 0 Å². The van der Waals surface area contributed by atoms with Gasteiger partial charge in [0, 0.05) is 15.8 Å². The van der Waals surface area contributed by atoms with Crippen LogP contribution < -0.4 is 10.6 Å². The normalized spacial score (nSPS) is 10.2. The van der Waals surface area contributed by atoms with Gasteiger partial charge in [-0.25, -0.2) is 0 Å². The van der Waals surface area contributed by atoms with E-state index in [9.17, 15) is 0 Å². The third-order valence-corrected chi connectivity index (χ3v) is 9.79. The number of hydrogen-bond acceptors (Lipinski definition) is 0. The third kappa shape index (κ3) is 15.3. The average molecular weight is 645 g/mol. The molecule has 0 amide bonds. The second kappa shape index (κ2) is 20.1. The van der Waals surface area contributed by atoms with Crippen LogP contribution in [0.15, 0.2) is 60.7 Å². The van der Waals surface area contributed by atoms with Crippen LogP contribution in [0.1, 0.15) is 27.7 Å². The van der Waals surface area contributed by atoms with E-state index in [1.165, 1.54) is 24.6 Å². The van der Waals surface area contributed by atoms with Crippen molar-refractivity contribution in [1.29, 1.82) is 0 Å². The van der Waals surface area contributed by atoms with Gasteiger partial charge in [-0.15, -0.1) is 0 Å². The van der Waals surface area contributed by atoms with Crippen LogP contribution in [-0.4, -0.2) is 30.1 Å². The predicted octanol–water partition coefficient (Wildman–Crippen LogP) is 6.37. The summed E-state index contributed by atoms with van der Waals surface area (Å²) >= 11 is -2.05. The Hall–Kier alpha value is 0.792. The van der Waals surface area contributed by atoms with Crippen LogP contribution in [0.3, 0.4) is 0 Å². The zero-order valence-electron chi connectivity index (χ0n) is 16.6. The van der Waals surface area contributed by atoms with Crippen molar-refractivity contribution < 1.29 is 19.2 Å². The Morgan fingerprint density at radius 2 is 0.815 bits per heavy atom. The number of hydrogen-bond donors (Lipinski definition) is 0. The molecule has 0 aliphatic heterocycles. The van der Waals surface area contributed by atoms with Gasteiger partial charge >= 0.3 is 42.3 Å². The van der Waals surface area contributed by atoms with Crippen molar-refractivity contribution >= 4 is 55.0 Å². The van der Waals surface area contributed by atoms with Crippen LogP contribution in [0.5, 0.6) is 0 Å². The molecule has 2 rings (SSSR count). The van der Waals surface area contributed by atoms with Crippen molar-refractivity contribution in [3.8, 4) is 0 Å². The van der Waals surface area contributed by atoms with Gasteiger partial charge in [0.1, 0.15) is 0 Å². The topological polar surface area (TPSA) is 31.5 Å². The van der Waals surface area contributed by atoms with E-state index in [4.69, 9.17) is 28.6 Å². The molecule has 7 heteroatoms. The molecular formula is C20H34Cl3OP2Re+2. The van der Waals surface area contributed by atoms with Crippen molar-refractivity contribution in [3.63, 3.8) is 0 Å². The minimum atomic E-state index is -2.05. The van der Waals surface area contributed by atoms with E-state index < -0.39 is 13.7 Å². The van der Waals surface area contributed by atoms with Gasteiger partial charge in [0.25, 0.3) is 0 Å². The molecule has 27 heavy (non-hydrogen) atoms. The summed E-state index contributed by atoms with van der Waals surface area (Å²) in [7, 11) is 14.6. The molecule has 0 heterocycles. The second-order valence-corrected chi connectivity index (χ2v) is 23.7. The Balaban J connectivity index is 0. The quantitative estimate of drug-likeness (QED) is 0.328. The van der Waals surface area contributed by atoms with Gasteiger partial charge in [-0.05, 0) is 52.0 Å². The van der Waals surface area contributed by atoms with Crippen molar-refractivity contribution in [2.75, 3.05) is 24.6 Å². The van der Waals surface area contributed by atoms with E-state index in [0.717, 1.165) is 0 Å². The SMILES string of the molecule is CC[PH+](CC)c1ccccc1.CC[PH+](CC)c1ccccc1.O.[Cl][Re]([Cl])[Cl]. The first-order chi connectivity index (χ1) is 12.5. The van der Waals surface area contributed by atoms with E-state index in [-0.39, 0.29) is 21.3 Å². The summed E-state index contributed by atoms with van der Waals surface area (Å²) in [6, 6.07) is 21.8. The van der Waals surface area contributed by atoms with Crippen molar-refractivity contribution in [2.45, 2.75) is 27.7 Å². The monoisotopic (exact) mass is 644 g/mol. The first-order valence-corrected chi connectivity index (χ1v) is 22.9. The summed E-state index contributed by atoms with van der Waals surface area (Å²) in [5, 5.41) is 3.17. The summed E-state index contributed by atoms with van der Waals surface area (Å²) in [6.07, 6.45) is 5.41. The fraction of sp³-hybridized carbons (Fsp3) is 0.400. The molecule has 2 N–H and O–H groups in total. The number of benzene rings is 2. The van der Waals surface area contributed by atoms with Gasteiger partial charge in [0.05, 0.1) is 35.3 Å². The van der Waals surface area contributed by atoms with Gasteiger partial charge in [-0.1, -0.05) is 36.4 Å². The first-order valence-electron chi connectivity index (χ1n) is 8.99. The van der Waals surface area contributed by atoms with Gasteiger partial charge in [-0.2, -0.15) is 0 Å². The van der Waals surface area contributed by atoms with Gasteiger partial charge < -0.3 is 5.48 Å². The maximum atomic E-state index is 4.99. The molecule has 0 spiro atoms. The molecule has 0 atom stereocenters. The molecule has 2 aromatic rings. The zero-order valence-corrected chi connectivity index (χ0v) is 23.6. The number of halogens is 3. The molecular weight excluding hydrogens is 611 g/mol. The summed E-state index contributed by atoms with van der Waals surface area (Å²) in [4.78, 5) is 0. The molecule has 1 nitrogen and oxygen atoms in total. The van der Waals surface area contributed by atoms with E-state index >= 15 is 0 Å². The molecule has 0 aliphatic rings. The van der Waals surface area contributed by atoms with E-state index in [1.54, 1.807) is 10.6 Å². The van der Waals surface area contributed by atoms with Gasteiger partial charge in [0.15, 0.2) is 0 Å². The van der Waals surface area contributed by atoms with Crippen LogP contribution in [-0.2, 0) is 13.7 Å². The zero-order chi connectivity index (χ0) is 19.8. The Morgan fingerprint density at radius 1 is 0.593 bits per heavy atom. The molecule has 2 aromatic carbocycles. The Morgan fingerprint density at radius 3 is 1.00 bits per heavy atom. The standard InChI is InChI=1S/2C10H15P.3ClH.H2O.Re/c2*1-3-11(4-2)10-8-6-5-7-9-10;;;;;/h2*5-9H,3-4H2,1-2H3;3*1H;1H2;/q;;;;;;+3/p-1. The average Bonchev–Trinajstić information content (AvgIpc) is 2.66. The second-order valence-electron chi connectivity index (χ2n) is 5.52. The van der Waals surface area contributed by atoms with Gasteiger partial charge in [-0.3, -0.25) is 0 Å². The Bertz CT molecular complexity index is 489. The van der Waals surface area contributed by atoms with E-state index in [0.29, 0.717) is 0 Å². The molecule has 0 aliphatic carbocycles. The summed E-state index contributed by atoms with van der Waals surface area (Å²) < 4.78 is 0. The van der Waals surface area contributed by atoms with Crippen LogP contribution in [0.25, 0.3) is 0 Å². The first kappa shape index (κ1) is 30.0. The molecule has 0 bridgehead atoms. The van der Waals surface area contributed by atoms with Crippen molar-refractivity contribution in [1.82, 2.24) is 0 Å². The Labute approximate surface area is 186 Å². The Kier molecular flexibility index (Phi) is 22.3. The molecule has 156 valence electrons.